The van der Waals surface area contributed by atoms with Gasteiger partial charge in [-0.1, -0.05) is 0 Å². The second-order valence-electron chi connectivity index (χ2n) is 7.08. The molecule has 1 saturated heterocycles. The largest absolute Gasteiger partial charge is 0.493 e. The van der Waals surface area contributed by atoms with Gasteiger partial charge >= 0.3 is 0 Å². The highest BCUT2D eigenvalue weighted by Crippen LogP contribution is 2.34. The lowest BCUT2D eigenvalue weighted by Crippen LogP contribution is -2.49. The second kappa shape index (κ2) is 7.71. The number of ether oxygens (including phenoxy) is 2. The maximum Gasteiger partial charge on any atom is 0.258 e. The van der Waals surface area contributed by atoms with Crippen LogP contribution in [0.5, 0.6) is 11.5 Å². The van der Waals surface area contributed by atoms with Gasteiger partial charge in [0.05, 0.1) is 25.6 Å². The predicted octanol–water partition coefficient (Wildman–Crippen LogP) is 2.32. The van der Waals surface area contributed by atoms with Crippen LogP contribution in [-0.4, -0.2) is 49.3 Å². The fraction of sp³-hybridized carbons (Fsp3) is 0.333. The summed E-state index contributed by atoms with van der Waals surface area (Å²) in [7, 11) is 2.91. The van der Waals surface area contributed by atoms with Crippen molar-refractivity contribution in [1.29, 1.82) is 0 Å². The maximum absolute atomic E-state index is 14.6. The second-order valence-corrected chi connectivity index (χ2v) is 7.08. The minimum atomic E-state index is -0.537. The van der Waals surface area contributed by atoms with Gasteiger partial charge in [0.2, 0.25) is 0 Å². The Bertz CT molecular complexity index is 1120. The number of benzene rings is 1. The number of fused-ring (bicyclic) bond motifs is 1. The first-order valence-electron chi connectivity index (χ1n) is 9.44. The van der Waals surface area contributed by atoms with Gasteiger partial charge in [-0.15, -0.1) is 0 Å². The van der Waals surface area contributed by atoms with Crippen LogP contribution in [0, 0.1) is 5.82 Å². The van der Waals surface area contributed by atoms with Crippen LogP contribution in [0.25, 0.3) is 16.9 Å². The normalized spacial score (nSPS) is 16.8. The number of halogens is 1. The van der Waals surface area contributed by atoms with Gasteiger partial charge in [-0.3, -0.25) is 9.20 Å². The lowest BCUT2D eigenvalue weighted by atomic mass is 10.1. The van der Waals surface area contributed by atoms with Crippen LogP contribution in [0.4, 0.5) is 10.1 Å². The van der Waals surface area contributed by atoms with E-state index in [9.17, 15) is 9.18 Å². The van der Waals surface area contributed by atoms with E-state index in [-0.39, 0.29) is 22.6 Å². The highest BCUT2D eigenvalue weighted by atomic mass is 19.1. The van der Waals surface area contributed by atoms with E-state index in [4.69, 9.17) is 9.47 Å². The van der Waals surface area contributed by atoms with Crippen molar-refractivity contribution in [3.8, 4) is 22.8 Å². The molecular weight excluding hydrogens is 375 g/mol. The van der Waals surface area contributed by atoms with E-state index in [0.29, 0.717) is 17.4 Å². The number of hydrogen-bond acceptors (Lipinski definition) is 6. The van der Waals surface area contributed by atoms with Crippen LogP contribution in [0.2, 0.25) is 0 Å². The molecule has 1 aromatic carbocycles. The molecule has 0 saturated carbocycles. The molecule has 0 aliphatic carbocycles. The third kappa shape index (κ3) is 3.63. The molecule has 1 unspecified atom stereocenters. The number of nitrogens with one attached hydrogen (secondary N) is 1. The smallest absolute Gasteiger partial charge is 0.258 e. The van der Waals surface area contributed by atoms with Crippen molar-refractivity contribution in [2.24, 2.45) is 0 Å². The Kier molecular flexibility index (Phi) is 5.10. The van der Waals surface area contributed by atoms with Crippen molar-refractivity contribution >= 4 is 11.3 Å². The zero-order valence-corrected chi connectivity index (χ0v) is 16.6. The van der Waals surface area contributed by atoms with Crippen molar-refractivity contribution in [1.82, 2.24) is 14.7 Å². The standard InChI is InChI=1S/C21H23FN4O3/c1-13-11-25(7-6-23-13)14-4-5-20-24-17(10-21(27)26(20)12-14)15-8-18(28-2)19(29-3)9-16(15)22/h4-5,8-10,12-13,23H,6-7,11H2,1-3H3. The van der Waals surface area contributed by atoms with Gasteiger partial charge in [-0.2, -0.15) is 0 Å². The predicted molar refractivity (Wildman–Crippen MR) is 110 cm³/mol. The maximum atomic E-state index is 14.6. The van der Waals surface area contributed by atoms with E-state index < -0.39 is 5.82 Å². The minimum absolute atomic E-state index is 0.183. The lowest BCUT2D eigenvalue weighted by Gasteiger charge is -2.33. The minimum Gasteiger partial charge on any atom is -0.493 e. The quantitative estimate of drug-likeness (QED) is 0.728. The van der Waals surface area contributed by atoms with Crippen LogP contribution in [0.15, 0.2) is 41.3 Å². The number of anilines is 1. The molecule has 29 heavy (non-hydrogen) atoms. The highest BCUT2D eigenvalue weighted by molar-refractivity contribution is 5.67. The monoisotopic (exact) mass is 398 g/mol. The average molecular weight is 398 g/mol. The Morgan fingerprint density at radius 1 is 1.17 bits per heavy atom. The van der Waals surface area contributed by atoms with Crippen molar-refractivity contribution in [2.75, 3.05) is 38.8 Å². The first kappa shape index (κ1) is 19.2. The van der Waals surface area contributed by atoms with Crippen LogP contribution in [0.1, 0.15) is 6.92 Å². The topological polar surface area (TPSA) is 68.1 Å². The average Bonchev–Trinajstić information content (AvgIpc) is 2.73. The Morgan fingerprint density at radius 2 is 1.93 bits per heavy atom. The Hall–Kier alpha value is -3.13. The van der Waals surface area contributed by atoms with E-state index in [2.05, 4.69) is 22.1 Å². The first-order valence-corrected chi connectivity index (χ1v) is 9.44. The summed E-state index contributed by atoms with van der Waals surface area (Å²) in [5.41, 5.74) is 1.57. The summed E-state index contributed by atoms with van der Waals surface area (Å²) in [4.78, 5) is 19.5. The summed E-state index contributed by atoms with van der Waals surface area (Å²) in [6, 6.07) is 8.15. The third-order valence-electron chi connectivity index (χ3n) is 5.13. The molecule has 0 amide bonds. The number of aromatic nitrogens is 2. The fourth-order valence-electron chi connectivity index (χ4n) is 3.63. The fourth-order valence-corrected chi connectivity index (χ4v) is 3.63. The molecule has 8 heteroatoms. The number of pyridine rings is 1. The van der Waals surface area contributed by atoms with Gasteiger partial charge in [-0.05, 0) is 25.1 Å². The van der Waals surface area contributed by atoms with Crippen molar-refractivity contribution in [3.63, 3.8) is 0 Å². The summed E-state index contributed by atoms with van der Waals surface area (Å²) < 4.78 is 26.5. The summed E-state index contributed by atoms with van der Waals surface area (Å²) in [5, 5.41) is 3.40. The number of methoxy groups -OCH3 is 2. The van der Waals surface area contributed by atoms with Crippen molar-refractivity contribution < 1.29 is 13.9 Å². The van der Waals surface area contributed by atoms with Crippen LogP contribution in [-0.2, 0) is 0 Å². The zero-order chi connectivity index (χ0) is 20.5. The van der Waals surface area contributed by atoms with Crippen LogP contribution < -0.4 is 25.2 Å². The van der Waals surface area contributed by atoms with Gasteiger partial charge in [0.1, 0.15) is 11.5 Å². The molecule has 0 spiro atoms. The summed E-state index contributed by atoms with van der Waals surface area (Å²) in [6.45, 7) is 4.75. The molecule has 4 rings (SSSR count). The molecule has 7 nitrogen and oxygen atoms in total. The molecule has 3 aromatic rings. The summed E-state index contributed by atoms with van der Waals surface area (Å²) >= 11 is 0. The van der Waals surface area contributed by atoms with Crippen LogP contribution >= 0.6 is 0 Å². The van der Waals surface area contributed by atoms with Crippen molar-refractivity contribution in [2.45, 2.75) is 13.0 Å². The van der Waals surface area contributed by atoms with Crippen LogP contribution in [0.3, 0.4) is 0 Å². The molecule has 0 radical (unpaired) electrons. The third-order valence-corrected chi connectivity index (χ3v) is 5.13. The van der Waals surface area contributed by atoms with Gasteiger partial charge in [0, 0.05) is 49.6 Å². The molecule has 1 fully saturated rings. The number of piperazine rings is 1. The molecule has 2 aromatic heterocycles. The number of nitrogens with zero attached hydrogens (tertiary/aromatic N) is 3. The van der Waals surface area contributed by atoms with E-state index in [0.717, 1.165) is 25.3 Å². The van der Waals surface area contributed by atoms with Gasteiger partial charge in [0.25, 0.3) is 5.56 Å². The van der Waals surface area contributed by atoms with Gasteiger partial charge in [0.15, 0.2) is 11.5 Å². The first-order chi connectivity index (χ1) is 14.0. The molecule has 3 heterocycles. The zero-order valence-electron chi connectivity index (χ0n) is 16.6. The van der Waals surface area contributed by atoms with E-state index in [1.807, 2.05) is 6.07 Å². The van der Waals surface area contributed by atoms with E-state index in [1.54, 1.807) is 12.3 Å². The number of rotatable bonds is 4. The Labute approximate surface area is 167 Å². The Morgan fingerprint density at radius 3 is 2.66 bits per heavy atom. The SMILES string of the molecule is COc1cc(F)c(-c2cc(=O)n3cc(N4CCNC(C)C4)ccc3n2)cc1OC. The summed E-state index contributed by atoms with van der Waals surface area (Å²) in [5.74, 6) is 0.112. The summed E-state index contributed by atoms with van der Waals surface area (Å²) in [6.07, 6.45) is 1.79. The molecular formula is C21H23FN4O3. The van der Waals surface area contributed by atoms with E-state index >= 15 is 0 Å². The number of hydrogen-bond donors (Lipinski definition) is 1. The van der Waals surface area contributed by atoms with Gasteiger partial charge in [-0.25, -0.2) is 9.37 Å². The molecule has 1 aliphatic rings. The molecule has 1 N–H and O–H groups in total. The Balaban J connectivity index is 1.77. The van der Waals surface area contributed by atoms with Gasteiger partial charge < -0.3 is 19.7 Å². The molecule has 0 bridgehead atoms. The molecule has 152 valence electrons. The molecule has 1 atom stereocenters. The molecule has 1 aliphatic heterocycles. The highest BCUT2D eigenvalue weighted by Gasteiger charge is 2.18. The lowest BCUT2D eigenvalue weighted by molar-refractivity contribution is 0.352. The van der Waals surface area contributed by atoms with Crippen molar-refractivity contribution in [3.05, 3.63) is 52.7 Å². The van der Waals surface area contributed by atoms with E-state index in [1.165, 1.54) is 36.8 Å².